The van der Waals surface area contributed by atoms with E-state index in [1.54, 1.807) is 0 Å². The number of likely N-dealkylation sites (tertiary alicyclic amines) is 1. The van der Waals surface area contributed by atoms with E-state index in [9.17, 15) is 0 Å². The summed E-state index contributed by atoms with van der Waals surface area (Å²) in [5.74, 6) is 0. The van der Waals surface area contributed by atoms with Gasteiger partial charge in [0.15, 0.2) is 0 Å². The molecule has 0 spiro atoms. The number of nitrogens with one attached hydrogen (secondary N) is 1. The van der Waals surface area contributed by atoms with Gasteiger partial charge >= 0.3 is 0 Å². The Morgan fingerprint density at radius 3 is 2.90 bits per heavy atom. The minimum atomic E-state index is 0.649. The highest BCUT2D eigenvalue weighted by Gasteiger charge is 2.21. The Hall–Kier alpha value is -0.900. The van der Waals surface area contributed by atoms with E-state index >= 15 is 0 Å². The summed E-state index contributed by atoms with van der Waals surface area (Å²) in [6.07, 6.45) is 4.82. The largest absolute Gasteiger partial charge is 0.380 e. The molecule has 0 saturated carbocycles. The van der Waals surface area contributed by atoms with E-state index in [1.165, 1.54) is 44.5 Å². The zero-order valence-corrected chi connectivity index (χ0v) is 13.4. The molecule has 3 nitrogen and oxygen atoms in total. The molecule has 1 aromatic rings. The Balaban J connectivity index is 1.52. The summed E-state index contributed by atoms with van der Waals surface area (Å²) in [4.78, 5) is 2.57. The monoisotopic (exact) mass is 290 g/mol. The molecule has 1 heterocycles. The molecule has 0 aliphatic carbocycles. The minimum absolute atomic E-state index is 0.649. The van der Waals surface area contributed by atoms with Crippen molar-refractivity contribution in [3.63, 3.8) is 0 Å². The summed E-state index contributed by atoms with van der Waals surface area (Å²) >= 11 is 0. The minimum Gasteiger partial charge on any atom is -0.380 e. The fraction of sp³-hybridized carbons (Fsp3) is 0.667. The zero-order valence-electron chi connectivity index (χ0n) is 13.4. The van der Waals surface area contributed by atoms with Gasteiger partial charge in [-0.15, -0.1) is 0 Å². The molecular formula is C18H30N2O. The normalized spacial score (nSPS) is 19.2. The number of rotatable bonds is 10. The summed E-state index contributed by atoms with van der Waals surface area (Å²) in [5.41, 5.74) is 1.44. The number of hydrogen-bond acceptors (Lipinski definition) is 3. The van der Waals surface area contributed by atoms with Crippen LogP contribution in [0.2, 0.25) is 0 Å². The van der Waals surface area contributed by atoms with Crippen molar-refractivity contribution in [3.8, 4) is 0 Å². The maximum absolute atomic E-state index is 5.59. The van der Waals surface area contributed by atoms with E-state index in [1.807, 2.05) is 0 Å². The third kappa shape index (κ3) is 6.60. The van der Waals surface area contributed by atoms with Crippen molar-refractivity contribution < 1.29 is 4.74 Å². The molecule has 0 aromatic heterocycles. The first-order valence-electron chi connectivity index (χ1n) is 8.46. The molecular weight excluding hydrogens is 260 g/mol. The van der Waals surface area contributed by atoms with Crippen LogP contribution in [-0.4, -0.2) is 50.3 Å². The van der Waals surface area contributed by atoms with E-state index in [2.05, 4.69) is 47.5 Å². The van der Waals surface area contributed by atoms with Crippen LogP contribution in [0.4, 0.5) is 0 Å². The van der Waals surface area contributed by atoms with Gasteiger partial charge in [-0.1, -0.05) is 43.7 Å². The van der Waals surface area contributed by atoms with E-state index in [-0.39, 0.29) is 0 Å². The Morgan fingerprint density at radius 1 is 1.24 bits per heavy atom. The fourth-order valence-corrected chi connectivity index (χ4v) is 2.82. The van der Waals surface area contributed by atoms with E-state index < -0.39 is 0 Å². The second-order valence-electron chi connectivity index (χ2n) is 5.94. The maximum atomic E-state index is 5.59. The standard InChI is InChI=1S/C18H30N2O/c1-2-3-14-21-15-11-19-18-10-13-20(16-18)12-9-17-7-5-4-6-8-17/h4-8,18-19H,2-3,9-16H2,1H3. The first kappa shape index (κ1) is 16.5. The van der Waals surface area contributed by atoms with Gasteiger partial charge in [-0.05, 0) is 31.4 Å². The number of ether oxygens (including phenoxy) is 1. The quantitative estimate of drug-likeness (QED) is 0.671. The Morgan fingerprint density at radius 2 is 2.10 bits per heavy atom. The summed E-state index contributed by atoms with van der Waals surface area (Å²) in [6.45, 7) is 8.52. The molecule has 1 aromatic carbocycles. The molecule has 3 heteroatoms. The molecule has 1 unspecified atom stereocenters. The third-order valence-corrected chi connectivity index (χ3v) is 4.15. The molecule has 1 aliphatic heterocycles. The summed E-state index contributed by atoms with van der Waals surface area (Å²) in [7, 11) is 0. The molecule has 0 radical (unpaired) electrons. The molecule has 1 aliphatic rings. The number of hydrogen-bond donors (Lipinski definition) is 1. The molecule has 2 rings (SSSR count). The highest BCUT2D eigenvalue weighted by Crippen LogP contribution is 2.10. The number of benzene rings is 1. The second kappa shape index (κ2) is 9.93. The first-order valence-corrected chi connectivity index (χ1v) is 8.46. The molecule has 1 atom stereocenters. The van der Waals surface area contributed by atoms with Crippen LogP contribution in [0.1, 0.15) is 31.7 Å². The summed E-state index contributed by atoms with van der Waals surface area (Å²) < 4.78 is 5.59. The smallest absolute Gasteiger partial charge is 0.0591 e. The lowest BCUT2D eigenvalue weighted by molar-refractivity contribution is 0.131. The lowest BCUT2D eigenvalue weighted by Gasteiger charge is -2.16. The Kier molecular flexibility index (Phi) is 7.79. The fourth-order valence-electron chi connectivity index (χ4n) is 2.82. The van der Waals surface area contributed by atoms with E-state index in [0.717, 1.165) is 26.2 Å². The van der Waals surface area contributed by atoms with Gasteiger partial charge in [-0.2, -0.15) is 0 Å². The van der Waals surface area contributed by atoms with Crippen LogP contribution < -0.4 is 5.32 Å². The molecule has 1 N–H and O–H groups in total. The summed E-state index contributed by atoms with van der Waals surface area (Å²) in [5, 5.41) is 3.62. The van der Waals surface area contributed by atoms with Crippen molar-refractivity contribution in [3.05, 3.63) is 35.9 Å². The van der Waals surface area contributed by atoms with Gasteiger partial charge in [0, 0.05) is 32.3 Å². The van der Waals surface area contributed by atoms with Gasteiger partial charge in [-0.25, -0.2) is 0 Å². The van der Waals surface area contributed by atoms with Crippen LogP contribution in [0.15, 0.2) is 30.3 Å². The van der Waals surface area contributed by atoms with Crippen LogP contribution in [0.3, 0.4) is 0 Å². The molecule has 0 bridgehead atoms. The highest BCUT2D eigenvalue weighted by molar-refractivity contribution is 5.14. The summed E-state index contributed by atoms with van der Waals surface area (Å²) in [6, 6.07) is 11.4. The van der Waals surface area contributed by atoms with Gasteiger partial charge in [0.05, 0.1) is 6.61 Å². The van der Waals surface area contributed by atoms with Crippen molar-refractivity contribution in [2.24, 2.45) is 0 Å². The first-order chi connectivity index (χ1) is 10.4. The van der Waals surface area contributed by atoms with Crippen LogP contribution in [0.25, 0.3) is 0 Å². The van der Waals surface area contributed by atoms with Gasteiger partial charge in [0.2, 0.25) is 0 Å². The number of nitrogens with zero attached hydrogens (tertiary/aromatic N) is 1. The molecule has 21 heavy (non-hydrogen) atoms. The predicted molar refractivity (Wildman–Crippen MR) is 88.7 cm³/mol. The molecule has 1 fully saturated rings. The molecule has 0 amide bonds. The van der Waals surface area contributed by atoms with Gasteiger partial charge in [-0.3, -0.25) is 0 Å². The van der Waals surface area contributed by atoms with Crippen molar-refractivity contribution in [2.75, 3.05) is 39.4 Å². The maximum Gasteiger partial charge on any atom is 0.0591 e. The Bertz CT molecular complexity index is 369. The van der Waals surface area contributed by atoms with Gasteiger partial charge in [0.1, 0.15) is 0 Å². The average Bonchev–Trinajstić information content (AvgIpc) is 2.98. The lowest BCUT2D eigenvalue weighted by atomic mass is 10.1. The van der Waals surface area contributed by atoms with Crippen molar-refractivity contribution in [2.45, 2.75) is 38.6 Å². The SMILES string of the molecule is CCCCOCCNC1CCN(CCc2ccccc2)C1. The number of unbranched alkanes of at least 4 members (excludes halogenated alkanes) is 1. The van der Waals surface area contributed by atoms with Gasteiger partial charge < -0.3 is 15.0 Å². The predicted octanol–water partition coefficient (Wildman–Crippen LogP) is 2.71. The van der Waals surface area contributed by atoms with Crippen LogP contribution in [0.5, 0.6) is 0 Å². The van der Waals surface area contributed by atoms with Crippen molar-refractivity contribution in [1.29, 1.82) is 0 Å². The average molecular weight is 290 g/mol. The van der Waals surface area contributed by atoms with Gasteiger partial charge in [0.25, 0.3) is 0 Å². The van der Waals surface area contributed by atoms with Crippen LogP contribution in [0, 0.1) is 0 Å². The highest BCUT2D eigenvalue weighted by atomic mass is 16.5. The second-order valence-corrected chi connectivity index (χ2v) is 5.94. The van der Waals surface area contributed by atoms with Crippen LogP contribution >= 0.6 is 0 Å². The lowest BCUT2D eigenvalue weighted by Crippen LogP contribution is -2.35. The molecule has 1 saturated heterocycles. The zero-order chi connectivity index (χ0) is 14.8. The van der Waals surface area contributed by atoms with Crippen molar-refractivity contribution in [1.82, 2.24) is 10.2 Å². The van der Waals surface area contributed by atoms with Crippen molar-refractivity contribution >= 4 is 0 Å². The third-order valence-electron chi connectivity index (χ3n) is 4.15. The van der Waals surface area contributed by atoms with E-state index in [4.69, 9.17) is 4.74 Å². The molecule has 118 valence electrons. The Labute approximate surface area is 129 Å². The van der Waals surface area contributed by atoms with E-state index in [0.29, 0.717) is 6.04 Å². The van der Waals surface area contributed by atoms with Crippen LogP contribution in [-0.2, 0) is 11.2 Å². The topological polar surface area (TPSA) is 24.5 Å².